The number of anilines is 3. The lowest BCUT2D eigenvalue weighted by Crippen LogP contribution is -2.02. The minimum Gasteiger partial charge on any atom is -0.397 e. The Labute approximate surface area is 129 Å². The molecule has 5 N–H and O–H groups in total. The summed E-state index contributed by atoms with van der Waals surface area (Å²) in [6.07, 6.45) is 0. The fourth-order valence-corrected chi connectivity index (χ4v) is 1.41. The van der Waals surface area contributed by atoms with Crippen LogP contribution in [0.25, 0.3) is 0 Å². The van der Waals surface area contributed by atoms with Crippen molar-refractivity contribution < 1.29 is 31.4 Å². The van der Waals surface area contributed by atoms with Crippen LogP contribution in [0.15, 0.2) is 18.2 Å². The highest BCUT2D eigenvalue weighted by molar-refractivity contribution is 5.64. The Hall–Kier alpha value is -3.18. The molecule has 6 nitrogen and oxygen atoms in total. The molecule has 2 aromatic rings. The Morgan fingerprint density at radius 1 is 0.958 bits per heavy atom. The fourth-order valence-electron chi connectivity index (χ4n) is 1.41. The quantitative estimate of drug-likeness (QED) is 0.191. The number of rotatable bonds is 2. The van der Waals surface area contributed by atoms with Crippen LogP contribution in [-0.2, 0) is 0 Å². The normalized spacial score (nSPS) is 9.92. The van der Waals surface area contributed by atoms with Crippen molar-refractivity contribution in [1.29, 1.82) is 0 Å². The Kier molecular flexibility index (Phi) is 5.81. The molecule has 0 aromatic heterocycles. The molecule has 0 heterocycles. The van der Waals surface area contributed by atoms with Gasteiger partial charge in [0.1, 0.15) is 0 Å². The van der Waals surface area contributed by atoms with Crippen LogP contribution in [0.4, 0.5) is 49.2 Å². The third kappa shape index (κ3) is 3.77. The maximum absolute atomic E-state index is 12.6. The molecule has 12 heteroatoms. The van der Waals surface area contributed by atoms with Gasteiger partial charge < -0.3 is 11.5 Å². The van der Waals surface area contributed by atoms with E-state index in [0.717, 1.165) is 5.54 Å². The van der Waals surface area contributed by atoms with E-state index < -0.39 is 51.1 Å². The van der Waals surface area contributed by atoms with Gasteiger partial charge in [-0.1, -0.05) is 0 Å². The van der Waals surface area contributed by atoms with E-state index in [-0.39, 0.29) is 5.69 Å². The molecule has 24 heavy (non-hydrogen) atoms. The van der Waals surface area contributed by atoms with E-state index in [1.807, 2.05) is 0 Å². The molecule has 2 rings (SSSR count). The molecule has 130 valence electrons. The van der Waals surface area contributed by atoms with Gasteiger partial charge in [0.05, 0.1) is 16.3 Å². The van der Waals surface area contributed by atoms with Gasteiger partial charge in [0, 0.05) is 12.1 Å². The molecule has 0 aliphatic rings. The summed E-state index contributed by atoms with van der Waals surface area (Å²) in [6, 6.07) is 1.85. The van der Waals surface area contributed by atoms with Crippen molar-refractivity contribution in [3.63, 3.8) is 0 Å². The van der Waals surface area contributed by atoms with Crippen molar-refractivity contribution in [3.05, 3.63) is 57.4 Å². The first-order valence-electron chi connectivity index (χ1n) is 5.79. The second kappa shape index (κ2) is 7.39. The Bertz CT molecular complexity index is 761. The molecule has 0 bridgehead atoms. The summed E-state index contributed by atoms with van der Waals surface area (Å²) in [5, 5.41) is 10.2. The molecule has 0 unspecified atom stereocenters. The molecular formula is C12H8F6N4O2. The van der Waals surface area contributed by atoms with E-state index in [1.165, 1.54) is 0 Å². The van der Waals surface area contributed by atoms with E-state index in [9.17, 15) is 36.5 Å². The number of nitrogens with one attached hydrogen (secondary N) is 1. The zero-order chi connectivity index (χ0) is 18.6. The number of nitrogens with two attached hydrogens (primary N) is 2. The lowest BCUT2D eigenvalue weighted by Gasteiger charge is -2.02. The number of benzene rings is 2. The summed E-state index contributed by atoms with van der Waals surface area (Å²) < 4.78 is 73.9. The maximum atomic E-state index is 12.6. The summed E-state index contributed by atoms with van der Waals surface area (Å²) in [5.74, 6) is -7.35. The van der Waals surface area contributed by atoms with Crippen molar-refractivity contribution in [2.24, 2.45) is 0 Å². The van der Waals surface area contributed by atoms with Gasteiger partial charge in [-0.3, -0.25) is 10.1 Å². The van der Waals surface area contributed by atoms with Crippen LogP contribution >= 0.6 is 0 Å². The summed E-state index contributed by atoms with van der Waals surface area (Å²) in [6.45, 7) is 0. The standard InChI is InChI=1S/C6H3F3N2O2.C6H5F3N2/c7-3-1-2-4(11(12)13)6(10-9)5(3)8;7-2-1-3(10)6(11)5(9)4(2)8/h1-2,10H;1H,10-11H2. The Balaban J connectivity index is 0.000000243. The minimum atomic E-state index is -1.61. The average Bonchev–Trinajstić information content (AvgIpc) is 2.53. The first kappa shape index (κ1) is 18.9. The van der Waals surface area contributed by atoms with E-state index in [2.05, 4.69) is 0 Å². The van der Waals surface area contributed by atoms with Crippen molar-refractivity contribution >= 4 is 22.7 Å². The molecule has 0 amide bonds. The summed E-state index contributed by atoms with van der Waals surface area (Å²) in [4.78, 5) is 9.13. The van der Waals surface area contributed by atoms with Gasteiger partial charge in [0.15, 0.2) is 34.8 Å². The fraction of sp³-hybridized carbons (Fsp3) is 0. The predicted octanol–water partition coefficient (Wildman–Crippen LogP) is 3.44. The lowest BCUT2D eigenvalue weighted by atomic mass is 10.2. The molecule has 0 saturated carbocycles. The van der Waals surface area contributed by atoms with Crippen LogP contribution in [-0.4, -0.2) is 4.92 Å². The van der Waals surface area contributed by atoms with Crippen LogP contribution < -0.4 is 17.0 Å². The monoisotopic (exact) mass is 354 g/mol. The second-order valence-corrected chi connectivity index (χ2v) is 4.10. The van der Waals surface area contributed by atoms with E-state index in [0.29, 0.717) is 18.2 Å². The zero-order valence-corrected chi connectivity index (χ0v) is 11.4. The summed E-state index contributed by atoms with van der Waals surface area (Å²) in [7, 11) is 0. The summed E-state index contributed by atoms with van der Waals surface area (Å²) >= 11 is 0. The third-order valence-electron chi connectivity index (χ3n) is 2.60. The average molecular weight is 354 g/mol. The summed E-state index contributed by atoms with van der Waals surface area (Å²) in [5.41, 5.74) is 7.86. The number of nitrogens with zero attached hydrogens (tertiary/aromatic N) is 1. The maximum Gasteiger partial charge on any atom is 0.298 e. The van der Waals surface area contributed by atoms with Gasteiger partial charge >= 0.3 is 0 Å². The number of nitro benzene ring substituents is 1. The highest BCUT2D eigenvalue weighted by atomic mass is 19.2. The van der Waals surface area contributed by atoms with Gasteiger partial charge in [-0.25, -0.2) is 27.5 Å². The van der Waals surface area contributed by atoms with Gasteiger partial charge in [-0.05, 0) is 6.07 Å². The molecule has 0 aliphatic carbocycles. The number of hydrogen-bond donors (Lipinski definition) is 3. The van der Waals surface area contributed by atoms with Crippen molar-refractivity contribution in [1.82, 2.24) is 0 Å². The second-order valence-electron chi connectivity index (χ2n) is 4.10. The molecule has 0 spiro atoms. The van der Waals surface area contributed by atoms with E-state index in [4.69, 9.17) is 11.5 Å². The number of nitrogen functional groups attached to an aromatic ring is 2. The van der Waals surface area contributed by atoms with Crippen molar-refractivity contribution in [2.45, 2.75) is 0 Å². The highest BCUT2D eigenvalue weighted by Crippen LogP contribution is 2.28. The SMILES string of the molecule is Nc1cc(F)c(F)c(F)c1N.O=[N+]([O-])c1ccc(F)c(F)c1NF. The topological polar surface area (TPSA) is 107 Å². The van der Waals surface area contributed by atoms with Gasteiger partial charge in [-0.2, -0.15) is 0 Å². The molecule has 0 saturated heterocycles. The minimum absolute atomic E-state index is 0.304. The molecule has 2 aromatic carbocycles. The first-order chi connectivity index (χ1) is 11.1. The highest BCUT2D eigenvalue weighted by Gasteiger charge is 2.21. The third-order valence-corrected chi connectivity index (χ3v) is 2.60. The van der Waals surface area contributed by atoms with Crippen molar-refractivity contribution in [2.75, 3.05) is 17.0 Å². The van der Waals surface area contributed by atoms with E-state index >= 15 is 0 Å². The molecular weight excluding hydrogens is 346 g/mol. The number of hydrogen-bond acceptors (Lipinski definition) is 5. The lowest BCUT2D eigenvalue weighted by molar-refractivity contribution is -0.384. The van der Waals surface area contributed by atoms with Crippen LogP contribution in [0.1, 0.15) is 0 Å². The van der Waals surface area contributed by atoms with Crippen LogP contribution in [0, 0.1) is 39.2 Å². The van der Waals surface area contributed by atoms with Crippen LogP contribution in [0.5, 0.6) is 0 Å². The smallest absolute Gasteiger partial charge is 0.298 e. The molecule has 0 radical (unpaired) electrons. The number of nitro groups is 1. The molecule has 0 aliphatic heterocycles. The van der Waals surface area contributed by atoms with Crippen molar-refractivity contribution in [3.8, 4) is 0 Å². The van der Waals surface area contributed by atoms with Gasteiger partial charge in [0.25, 0.3) is 5.69 Å². The van der Waals surface area contributed by atoms with Crippen LogP contribution in [0.2, 0.25) is 0 Å². The predicted molar refractivity (Wildman–Crippen MR) is 72.9 cm³/mol. The largest absolute Gasteiger partial charge is 0.397 e. The Morgan fingerprint density at radius 2 is 1.54 bits per heavy atom. The Morgan fingerprint density at radius 3 is 2.04 bits per heavy atom. The molecule has 0 atom stereocenters. The zero-order valence-electron chi connectivity index (χ0n) is 11.4. The van der Waals surface area contributed by atoms with Gasteiger partial charge in [-0.15, -0.1) is 4.48 Å². The van der Waals surface area contributed by atoms with Gasteiger partial charge in [0.2, 0.25) is 0 Å². The van der Waals surface area contributed by atoms with Crippen LogP contribution in [0.3, 0.4) is 0 Å². The van der Waals surface area contributed by atoms with E-state index in [1.54, 1.807) is 0 Å². The number of halogens is 6. The first-order valence-corrected chi connectivity index (χ1v) is 5.79. The molecule has 0 fully saturated rings.